The lowest BCUT2D eigenvalue weighted by Gasteiger charge is -2.15. The highest BCUT2D eigenvalue weighted by molar-refractivity contribution is 7.92. The van der Waals surface area contributed by atoms with Crippen LogP contribution in [0.5, 0.6) is 0 Å². The van der Waals surface area contributed by atoms with E-state index >= 15 is 0 Å². The number of amides is 1. The molecule has 0 saturated carbocycles. The minimum atomic E-state index is -3.34. The van der Waals surface area contributed by atoms with E-state index in [1.54, 1.807) is 31.2 Å². The van der Waals surface area contributed by atoms with Gasteiger partial charge in [-0.15, -0.1) is 0 Å². The molecule has 0 spiro atoms. The molecule has 124 valence electrons. The summed E-state index contributed by atoms with van der Waals surface area (Å²) in [5.74, 6) is 0.670. The quantitative estimate of drug-likeness (QED) is 0.879. The summed E-state index contributed by atoms with van der Waals surface area (Å²) in [5.41, 5.74) is 2.02. The topological polar surface area (TPSA) is 88.4 Å². The molecule has 1 aromatic carbocycles. The summed E-state index contributed by atoms with van der Waals surface area (Å²) >= 11 is 0. The van der Waals surface area contributed by atoms with Gasteiger partial charge >= 0.3 is 0 Å². The number of hydrogen-bond acceptors (Lipinski definition) is 4. The highest BCUT2D eigenvalue weighted by atomic mass is 32.2. The van der Waals surface area contributed by atoms with Gasteiger partial charge in [0, 0.05) is 11.3 Å². The van der Waals surface area contributed by atoms with Crippen LogP contribution in [0.3, 0.4) is 0 Å². The van der Waals surface area contributed by atoms with Crippen LogP contribution in [-0.2, 0) is 10.0 Å². The molecule has 1 amide bonds. The van der Waals surface area contributed by atoms with Gasteiger partial charge in [0.25, 0.3) is 5.91 Å². The van der Waals surface area contributed by atoms with Gasteiger partial charge in [0.05, 0.1) is 12.3 Å². The van der Waals surface area contributed by atoms with E-state index in [1.165, 1.54) is 0 Å². The van der Waals surface area contributed by atoms with Gasteiger partial charge in [-0.1, -0.05) is 12.1 Å². The van der Waals surface area contributed by atoms with Crippen molar-refractivity contribution in [2.45, 2.75) is 26.8 Å². The van der Waals surface area contributed by atoms with Gasteiger partial charge < -0.3 is 9.73 Å². The third-order valence-electron chi connectivity index (χ3n) is 3.28. The number of sulfonamides is 1. The molecule has 7 heteroatoms. The molecule has 0 bridgehead atoms. The zero-order valence-electron chi connectivity index (χ0n) is 13.5. The molecule has 1 aromatic heterocycles. The molecule has 0 aliphatic rings. The molecular formula is C16H20N2O4S. The van der Waals surface area contributed by atoms with Crippen LogP contribution in [0.1, 0.15) is 40.4 Å². The lowest BCUT2D eigenvalue weighted by atomic mass is 10.1. The zero-order valence-corrected chi connectivity index (χ0v) is 14.3. The Labute approximate surface area is 135 Å². The average molecular weight is 336 g/mol. The normalized spacial score (nSPS) is 12.7. The molecule has 0 aliphatic carbocycles. The van der Waals surface area contributed by atoms with E-state index in [0.717, 1.165) is 17.4 Å². The second kappa shape index (κ2) is 6.45. The van der Waals surface area contributed by atoms with Crippen molar-refractivity contribution >= 4 is 21.6 Å². The van der Waals surface area contributed by atoms with Crippen LogP contribution in [0.4, 0.5) is 5.69 Å². The number of benzene rings is 1. The Morgan fingerprint density at radius 2 is 1.91 bits per heavy atom. The van der Waals surface area contributed by atoms with E-state index in [2.05, 4.69) is 10.0 Å². The fourth-order valence-corrected chi connectivity index (χ4v) is 2.85. The molecule has 2 rings (SSSR count). The number of rotatable bonds is 5. The summed E-state index contributed by atoms with van der Waals surface area (Å²) in [6, 6.07) is 8.39. The molecule has 0 radical (unpaired) electrons. The van der Waals surface area contributed by atoms with Crippen molar-refractivity contribution in [1.82, 2.24) is 5.32 Å². The minimum Gasteiger partial charge on any atom is -0.456 e. The SMILES string of the molecule is Cc1cc(C)c(C(=O)N[C@H](C)c2cccc(NS(C)(=O)=O)c2)o1. The summed E-state index contributed by atoms with van der Waals surface area (Å²) < 4.78 is 30.4. The van der Waals surface area contributed by atoms with Crippen molar-refractivity contribution in [1.29, 1.82) is 0 Å². The van der Waals surface area contributed by atoms with Gasteiger partial charge in [-0.3, -0.25) is 9.52 Å². The van der Waals surface area contributed by atoms with Gasteiger partial charge in [-0.25, -0.2) is 8.42 Å². The first-order valence-corrected chi connectivity index (χ1v) is 9.00. The van der Waals surface area contributed by atoms with E-state index in [1.807, 2.05) is 19.9 Å². The Bertz CT molecular complexity index is 824. The maximum absolute atomic E-state index is 12.3. The van der Waals surface area contributed by atoms with Gasteiger partial charge in [-0.05, 0) is 44.5 Å². The Morgan fingerprint density at radius 1 is 1.22 bits per heavy atom. The summed E-state index contributed by atoms with van der Waals surface area (Å²) in [4.78, 5) is 12.3. The maximum atomic E-state index is 12.3. The minimum absolute atomic E-state index is 0.291. The second-order valence-electron chi connectivity index (χ2n) is 5.56. The van der Waals surface area contributed by atoms with Crippen molar-refractivity contribution in [2.75, 3.05) is 11.0 Å². The third kappa shape index (κ3) is 4.59. The van der Waals surface area contributed by atoms with Gasteiger partial charge in [0.1, 0.15) is 5.76 Å². The number of anilines is 1. The lowest BCUT2D eigenvalue weighted by molar-refractivity contribution is 0.0909. The Balaban J connectivity index is 2.14. The van der Waals surface area contributed by atoms with E-state index in [-0.39, 0.29) is 11.9 Å². The van der Waals surface area contributed by atoms with Crippen LogP contribution in [0, 0.1) is 13.8 Å². The summed E-state index contributed by atoms with van der Waals surface area (Å²) in [5, 5.41) is 2.85. The number of nitrogens with one attached hydrogen (secondary N) is 2. The largest absolute Gasteiger partial charge is 0.456 e. The van der Waals surface area contributed by atoms with Crippen molar-refractivity contribution in [2.24, 2.45) is 0 Å². The number of furan rings is 1. The van der Waals surface area contributed by atoms with Crippen LogP contribution in [0.2, 0.25) is 0 Å². The first-order valence-electron chi connectivity index (χ1n) is 7.11. The predicted octanol–water partition coefficient (Wildman–Crippen LogP) is 2.76. The molecule has 0 unspecified atom stereocenters. The van der Waals surface area contributed by atoms with Crippen LogP contribution in [0.15, 0.2) is 34.7 Å². The molecule has 0 fully saturated rings. The van der Waals surface area contributed by atoms with E-state index in [9.17, 15) is 13.2 Å². The van der Waals surface area contributed by atoms with Gasteiger partial charge in [0.15, 0.2) is 5.76 Å². The molecule has 0 saturated heterocycles. The highest BCUT2D eigenvalue weighted by Crippen LogP contribution is 2.20. The average Bonchev–Trinajstić information content (AvgIpc) is 2.76. The molecule has 23 heavy (non-hydrogen) atoms. The Kier molecular flexibility index (Phi) is 4.79. The predicted molar refractivity (Wildman–Crippen MR) is 89.0 cm³/mol. The first kappa shape index (κ1) is 17.1. The number of carbonyl (C=O) groups excluding carboxylic acids is 1. The van der Waals surface area contributed by atoms with Crippen molar-refractivity contribution in [3.63, 3.8) is 0 Å². The zero-order chi connectivity index (χ0) is 17.2. The summed E-state index contributed by atoms with van der Waals surface area (Å²) in [7, 11) is -3.34. The Hall–Kier alpha value is -2.28. The molecule has 1 heterocycles. The number of hydrogen-bond donors (Lipinski definition) is 2. The molecule has 2 N–H and O–H groups in total. The number of carbonyl (C=O) groups is 1. The fourth-order valence-electron chi connectivity index (χ4n) is 2.30. The molecule has 0 aliphatic heterocycles. The fraction of sp³-hybridized carbons (Fsp3) is 0.312. The summed E-state index contributed by atoms with van der Waals surface area (Å²) in [6.45, 7) is 5.42. The molecule has 6 nitrogen and oxygen atoms in total. The number of aryl methyl sites for hydroxylation is 2. The highest BCUT2D eigenvalue weighted by Gasteiger charge is 2.17. The van der Waals surface area contributed by atoms with Crippen molar-refractivity contribution in [3.05, 3.63) is 53.0 Å². The van der Waals surface area contributed by atoms with E-state index < -0.39 is 10.0 Å². The standard InChI is InChI=1S/C16H20N2O4S/c1-10-8-11(2)22-15(10)16(19)17-12(3)13-6-5-7-14(9-13)18-23(4,20)21/h5-9,12,18H,1-4H3,(H,17,19)/t12-/m1/s1. The van der Waals surface area contributed by atoms with Crippen LogP contribution >= 0.6 is 0 Å². The third-order valence-corrected chi connectivity index (χ3v) is 3.89. The van der Waals surface area contributed by atoms with E-state index in [0.29, 0.717) is 17.2 Å². The maximum Gasteiger partial charge on any atom is 0.287 e. The van der Waals surface area contributed by atoms with Gasteiger partial charge in [-0.2, -0.15) is 0 Å². The van der Waals surface area contributed by atoms with Crippen molar-refractivity contribution < 1.29 is 17.6 Å². The van der Waals surface area contributed by atoms with Crippen LogP contribution < -0.4 is 10.0 Å². The molecule has 1 atom stereocenters. The van der Waals surface area contributed by atoms with Crippen LogP contribution in [0.25, 0.3) is 0 Å². The van der Waals surface area contributed by atoms with E-state index in [4.69, 9.17) is 4.42 Å². The molecular weight excluding hydrogens is 316 g/mol. The smallest absolute Gasteiger partial charge is 0.287 e. The molecule has 2 aromatic rings. The lowest BCUT2D eigenvalue weighted by Crippen LogP contribution is -2.26. The first-order chi connectivity index (χ1) is 10.7. The van der Waals surface area contributed by atoms with Crippen molar-refractivity contribution in [3.8, 4) is 0 Å². The summed E-state index contributed by atoms with van der Waals surface area (Å²) in [6.07, 6.45) is 1.09. The van der Waals surface area contributed by atoms with Gasteiger partial charge in [0.2, 0.25) is 10.0 Å². The monoisotopic (exact) mass is 336 g/mol. The second-order valence-corrected chi connectivity index (χ2v) is 7.31. The van der Waals surface area contributed by atoms with Crippen LogP contribution in [-0.4, -0.2) is 20.6 Å². The Morgan fingerprint density at radius 3 is 2.48 bits per heavy atom.